The third kappa shape index (κ3) is 5.27. The molecule has 0 fully saturated rings. The molecule has 0 saturated carbocycles. The van der Waals surface area contributed by atoms with Gasteiger partial charge in [-0.15, -0.1) is 0 Å². The highest BCUT2D eigenvalue weighted by Gasteiger charge is 2.36. The van der Waals surface area contributed by atoms with Gasteiger partial charge >= 0.3 is 6.18 Å². The molecule has 0 saturated heterocycles. The molecule has 0 atom stereocenters. The molecule has 2 aromatic heterocycles. The van der Waals surface area contributed by atoms with Gasteiger partial charge in [0.2, 0.25) is 5.95 Å². The van der Waals surface area contributed by atoms with Crippen LogP contribution < -0.4 is 10.2 Å². The van der Waals surface area contributed by atoms with Gasteiger partial charge in [-0.2, -0.15) is 18.2 Å². The van der Waals surface area contributed by atoms with E-state index < -0.39 is 11.7 Å². The number of anilines is 3. The van der Waals surface area contributed by atoms with Crippen LogP contribution in [-0.4, -0.2) is 21.5 Å². The summed E-state index contributed by atoms with van der Waals surface area (Å²) in [6.07, 6.45) is -0.642. The van der Waals surface area contributed by atoms with Crippen molar-refractivity contribution in [3.63, 3.8) is 0 Å². The number of pyridine rings is 1. The molecule has 10 heteroatoms. The van der Waals surface area contributed by atoms with Crippen LogP contribution in [0.2, 0.25) is 10.0 Å². The van der Waals surface area contributed by atoms with E-state index in [1.165, 1.54) is 4.90 Å². The highest BCUT2D eigenvalue weighted by Crippen LogP contribution is 2.36. The molecular weight excluding hydrogens is 426 g/mol. The second kappa shape index (κ2) is 8.84. The molecule has 5 nitrogen and oxygen atoms in total. The number of alkyl halides is 3. The zero-order valence-electron chi connectivity index (χ0n) is 15.2. The van der Waals surface area contributed by atoms with Crippen molar-refractivity contribution in [1.29, 1.82) is 0 Å². The van der Waals surface area contributed by atoms with Gasteiger partial charge in [-0.3, -0.25) is 4.98 Å². The van der Waals surface area contributed by atoms with E-state index in [-0.39, 0.29) is 18.3 Å². The smallest absolute Gasteiger partial charge is 0.352 e. The van der Waals surface area contributed by atoms with Crippen LogP contribution in [0.4, 0.5) is 30.6 Å². The molecule has 3 rings (SSSR count). The molecular formula is C19H16Cl2F3N5. The number of hydrogen-bond donors (Lipinski definition) is 1. The Hall–Kier alpha value is -2.58. The van der Waals surface area contributed by atoms with E-state index in [1.807, 2.05) is 0 Å². The predicted octanol–water partition coefficient (Wildman–Crippen LogP) is 5.97. The minimum atomic E-state index is -4.59. The molecule has 1 aromatic carbocycles. The zero-order chi connectivity index (χ0) is 21.0. The monoisotopic (exact) mass is 441 g/mol. The largest absolute Gasteiger partial charge is 0.421 e. The van der Waals surface area contributed by atoms with E-state index in [9.17, 15) is 13.2 Å². The second-order valence-electron chi connectivity index (χ2n) is 6.05. The van der Waals surface area contributed by atoms with Gasteiger partial charge in [-0.05, 0) is 42.8 Å². The Labute approximate surface area is 175 Å². The first-order valence-electron chi connectivity index (χ1n) is 8.58. The fraction of sp³-hybridized carbons (Fsp3) is 0.211. The van der Waals surface area contributed by atoms with Gasteiger partial charge in [0.15, 0.2) is 0 Å². The van der Waals surface area contributed by atoms with E-state index in [2.05, 4.69) is 20.3 Å². The van der Waals surface area contributed by atoms with Crippen molar-refractivity contribution < 1.29 is 13.2 Å². The lowest BCUT2D eigenvalue weighted by atomic mass is 10.2. The number of nitrogens with zero attached hydrogens (tertiary/aromatic N) is 4. The third-order valence-electron chi connectivity index (χ3n) is 4.05. The van der Waals surface area contributed by atoms with Gasteiger partial charge in [0, 0.05) is 37.4 Å². The van der Waals surface area contributed by atoms with Crippen LogP contribution >= 0.6 is 23.2 Å². The molecule has 152 valence electrons. The second-order valence-corrected chi connectivity index (χ2v) is 6.87. The van der Waals surface area contributed by atoms with Crippen LogP contribution in [0.25, 0.3) is 0 Å². The summed E-state index contributed by atoms with van der Waals surface area (Å²) in [6, 6.07) is 8.22. The first-order chi connectivity index (χ1) is 13.8. The van der Waals surface area contributed by atoms with Crippen LogP contribution in [0.5, 0.6) is 0 Å². The average molecular weight is 442 g/mol. The minimum Gasteiger partial charge on any atom is -0.352 e. The Morgan fingerprint density at radius 1 is 1.07 bits per heavy atom. The summed E-state index contributed by atoms with van der Waals surface area (Å²) in [7, 11) is 0. The summed E-state index contributed by atoms with van der Waals surface area (Å²) < 4.78 is 40.7. The number of nitrogens with one attached hydrogen (secondary N) is 1. The van der Waals surface area contributed by atoms with Crippen molar-refractivity contribution >= 4 is 40.7 Å². The Balaban J connectivity index is 1.97. The van der Waals surface area contributed by atoms with Crippen LogP contribution in [0.15, 0.2) is 48.9 Å². The van der Waals surface area contributed by atoms with Crippen LogP contribution in [0, 0.1) is 0 Å². The molecule has 1 N–H and O–H groups in total. The number of benzene rings is 1. The molecule has 0 spiro atoms. The highest BCUT2D eigenvalue weighted by atomic mass is 35.5. The SMILES string of the molecule is CCN(Cc1ccncc1)c1nc(Nc2ccc(Cl)c(Cl)c2)ncc1C(F)(F)F. The number of halogens is 5. The molecule has 29 heavy (non-hydrogen) atoms. The van der Waals surface area contributed by atoms with Crippen LogP contribution in [0.3, 0.4) is 0 Å². The summed E-state index contributed by atoms with van der Waals surface area (Å²) in [5, 5.41) is 3.53. The summed E-state index contributed by atoms with van der Waals surface area (Å²) >= 11 is 11.9. The van der Waals surface area contributed by atoms with Crippen molar-refractivity contribution in [2.45, 2.75) is 19.6 Å². The van der Waals surface area contributed by atoms with Crippen molar-refractivity contribution in [2.75, 3.05) is 16.8 Å². The molecule has 2 heterocycles. The number of rotatable bonds is 6. The van der Waals surface area contributed by atoms with E-state index in [1.54, 1.807) is 49.6 Å². The quantitative estimate of drug-likeness (QED) is 0.510. The van der Waals surface area contributed by atoms with Gasteiger partial charge in [-0.25, -0.2) is 4.98 Å². The van der Waals surface area contributed by atoms with E-state index >= 15 is 0 Å². The first-order valence-corrected chi connectivity index (χ1v) is 9.33. The topological polar surface area (TPSA) is 53.9 Å². The lowest BCUT2D eigenvalue weighted by molar-refractivity contribution is -0.137. The molecule has 0 radical (unpaired) electrons. The van der Waals surface area contributed by atoms with Crippen LogP contribution in [-0.2, 0) is 12.7 Å². The summed E-state index contributed by atoms with van der Waals surface area (Å²) in [5.41, 5.74) is 0.406. The summed E-state index contributed by atoms with van der Waals surface area (Å²) in [5.74, 6) is -0.200. The standard InChI is InChI=1S/C19H16Cl2F3N5/c1-2-29(11-12-5-7-25-8-6-12)17-14(19(22,23)24)10-26-18(28-17)27-13-3-4-15(20)16(21)9-13/h3-10H,2,11H2,1H3,(H,26,27,28). The third-order valence-corrected chi connectivity index (χ3v) is 4.79. The maximum atomic E-state index is 13.6. The lowest BCUT2D eigenvalue weighted by Gasteiger charge is -2.25. The summed E-state index contributed by atoms with van der Waals surface area (Å²) in [6.45, 7) is 2.31. The maximum absolute atomic E-state index is 13.6. The fourth-order valence-electron chi connectivity index (χ4n) is 2.62. The Kier molecular flexibility index (Phi) is 6.44. The number of hydrogen-bond acceptors (Lipinski definition) is 5. The fourth-order valence-corrected chi connectivity index (χ4v) is 2.92. The van der Waals surface area contributed by atoms with Gasteiger partial charge < -0.3 is 10.2 Å². The molecule has 3 aromatic rings. The Morgan fingerprint density at radius 3 is 2.41 bits per heavy atom. The van der Waals surface area contributed by atoms with E-state index in [0.29, 0.717) is 22.3 Å². The average Bonchev–Trinajstić information content (AvgIpc) is 2.69. The minimum absolute atomic E-state index is 0.0135. The molecule has 0 aliphatic carbocycles. The molecule has 0 bridgehead atoms. The van der Waals surface area contributed by atoms with Crippen LogP contribution in [0.1, 0.15) is 18.1 Å². The summed E-state index contributed by atoms with van der Waals surface area (Å²) in [4.78, 5) is 13.4. The molecule has 0 amide bonds. The van der Waals surface area contributed by atoms with Gasteiger partial charge in [-0.1, -0.05) is 23.2 Å². The molecule has 0 aliphatic rings. The predicted molar refractivity (Wildman–Crippen MR) is 108 cm³/mol. The molecule has 0 unspecified atom stereocenters. The van der Waals surface area contributed by atoms with Crippen molar-refractivity contribution in [1.82, 2.24) is 15.0 Å². The Bertz CT molecular complexity index is 983. The normalized spacial score (nSPS) is 11.4. The van der Waals surface area contributed by atoms with E-state index in [4.69, 9.17) is 23.2 Å². The number of aromatic nitrogens is 3. The van der Waals surface area contributed by atoms with E-state index in [0.717, 1.165) is 11.8 Å². The highest BCUT2D eigenvalue weighted by molar-refractivity contribution is 6.42. The van der Waals surface area contributed by atoms with Crippen molar-refractivity contribution in [3.05, 3.63) is 70.1 Å². The van der Waals surface area contributed by atoms with Crippen molar-refractivity contribution in [2.24, 2.45) is 0 Å². The first kappa shape index (κ1) is 21.1. The van der Waals surface area contributed by atoms with Crippen molar-refractivity contribution in [3.8, 4) is 0 Å². The molecule has 0 aliphatic heterocycles. The van der Waals surface area contributed by atoms with Gasteiger partial charge in [0.1, 0.15) is 11.4 Å². The Morgan fingerprint density at radius 2 is 1.79 bits per heavy atom. The van der Waals surface area contributed by atoms with Gasteiger partial charge in [0.05, 0.1) is 10.0 Å². The maximum Gasteiger partial charge on any atom is 0.421 e. The van der Waals surface area contributed by atoms with Gasteiger partial charge in [0.25, 0.3) is 0 Å². The zero-order valence-corrected chi connectivity index (χ0v) is 16.7. The lowest BCUT2D eigenvalue weighted by Crippen LogP contribution is -2.27.